The van der Waals surface area contributed by atoms with Crippen molar-refractivity contribution in [2.24, 2.45) is 0 Å². The van der Waals surface area contributed by atoms with E-state index in [0.29, 0.717) is 24.6 Å². The van der Waals surface area contributed by atoms with E-state index in [4.69, 9.17) is 4.98 Å². The van der Waals surface area contributed by atoms with Crippen LogP contribution in [0.15, 0.2) is 53.9 Å². The van der Waals surface area contributed by atoms with Crippen LogP contribution in [0.1, 0.15) is 24.5 Å². The summed E-state index contributed by atoms with van der Waals surface area (Å²) >= 11 is 1.45. The number of carbonyl (C=O) groups is 2. The van der Waals surface area contributed by atoms with E-state index in [0.717, 1.165) is 28.1 Å². The fraction of sp³-hybridized carbons (Fsp3) is 0.292. The van der Waals surface area contributed by atoms with Crippen LogP contribution >= 0.6 is 11.3 Å². The van der Waals surface area contributed by atoms with E-state index in [9.17, 15) is 14.7 Å². The first kappa shape index (κ1) is 22.0. The number of aryl methyl sites for hydroxylation is 1. The predicted octanol–water partition coefficient (Wildman–Crippen LogP) is 3.33. The lowest BCUT2D eigenvalue weighted by Crippen LogP contribution is -2.43. The Labute approximate surface area is 191 Å². The van der Waals surface area contributed by atoms with Gasteiger partial charge >= 0.3 is 0 Å². The van der Waals surface area contributed by atoms with E-state index in [2.05, 4.69) is 10.6 Å². The number of amides is 2. The van der Waals surface area contributed by atoms with E-state index in [1.807, 2.05) is 65.7 Å². The average molecular weight is 451 g/mol. The predicted molar refractivity (Wildman–Crippen MR) is 127 cm³/mol. The Morgan fingerprint density at radius 2 is 1.94 bits per heavy atom. The maximum atomic E-state index is 12.9. The van der Waals surface area contributed by atoms with Gasteiger partial charge in [-0.3, -0.25) is 9.59 Å². The summed E-state index contributed by atoms with van der Waals surface area (Å²) in [5, 5.41) is 18.7. The van der Waals surface area contributed by atoms with Crippen molar-refractivity contribution in [3.8, 4) is 11.3 Å². The van der Waals surface area contributed by atoms with Crippen LogP contribution in [-0.2, 0) is 16.1 Å². The third-order valence-corrected chi connectivity index (χ3v) is 6.41. The van der Waals surface area contributed by atoms with Gasteiger partial charge < -0.3 is 20.6 Å². The van der Waals surface area contributed by atoms with Crippen molar-refractivity contribution in [2.75, 3.05) is 16.8 Å². The zero-order chi connectivity index (χ0) is 22.7. The average Bonchev–Trinajstić information content (AvgIpc) is 3.40. The second-order valence-electron chi connectivity index (χ2n) is 7.98. The van der Waals surface area contributed by atoms with Crippen LogP contribution in [0.4, 0.5) is 10.8 Å². The Hall–Kier alpha value is -3.23. The smallest absolute Gasteiger partial charge is 0.243 e. The summed E-state index contributed by atoms with van der Waals surface area (Å²) in [7, 11) is 0. The zero-order valence-corrected chi connectivity index (χ0v) is 18.9. The standard InChI is InChI=1S/C24H26N4O3S/c1-15-5-3-4-6-18(15)12-25-23(31)22-11-20(30)13-28(22)24-27-21(14-32-24)17-7-9-19(10-8-17)26-16(2)29/h3-10,14,20,22,30H,11-13H2,1-2H3,(H,25,31)(H,26,29)/t20?,22-/m0/s1. The van der Waals surface area contributed by atoms with Gasteiger partial charge in [-0.05, 0) is 30.2 Å². The van der Waals surface area contributed by atoms with Crippen molar-refractivity contribution in [3.63, 3.8) is 0 Å². The highest BCUT2D eigenvalue weighted by Gasteiger charge is 2.37. The topological polar surface area (TPSA) is 94.6 Å². The Bertz CT molecular complexity index is 1110. The normalized spacial score (nSPS) is 17.9. The molecule has 0 spiro atoms. The molecule has 2 amide bonds. The quantitative estimate of drug-likeness (QED) is 0.536. The van der Waals surface area contributed by atoms with Crippen molar-refractivity contribution in [3.05, 3.63) is 65.0 Å². The molecule has 3 aromatic rings. The Morgan fingerprint density at radius 1 is 1.19 bits per heavy atom. The minimum absolute atomic E-state index is 0.110. The van der Waals surface area contributed by atoms with Gasteiger partial charge in [0.05, 0.1) is 11.8 Å². The molecule has 1 fully saturated rings. The number of carbonyl (C=O) groups excluding carboxylic acids is 2. The minimum Gasteiger partial charge on any atom is -0.391 e. The number of nitrogens with zero attached hydrogens (tertiary/aromatic N) is 2. The summed E-state index contributed by atoms with van der Waals surface area (Å²) in [4.78, 5) is 30.7. The first-order valence-corrected chi connectivity index (χ1v) is 11.4. The van der Waals surface area contributed by atoms with Gasteiger partial charge in [-0.2, -0.15) is 0 Å². The van der Waals surface area contributed by atoms with Gasteiger partial charge in [0.25, 0.3) is 0 Å². The first-order chi connectivity index (χ1) is 15.4. The summed E-state index contributed by atoms with van der Waals surface area (Å²) in [5.74, 6) is -0.228. The van der Waals surface area contributed by atoms with Gasteiger partial charge in [-0.1, -0.05) is 36.4 Å². The number of aliphatic hydroxyl groups excluding tert-OH is 1. The van der Waals surface area contributed by atoms with Gasteiger partial charge in [0, 0.05) is 43.1 Å². The maximum absolute atomic E-state index is 12.9. The van der Waals surface area contributed by atoms with Crippen molar-refractivity contribution >= 4 is 34.0 Å². The molecule has 1 aliphatic rings. The number of benzene rings is 2. The molecular weight excluding hydrogens is 424 g/mol. The second-order valence-corrected chi connectivity index (χ2v) is 8.81. The molecule has 4 rings (SSSR count). The third-order valence-electron chi connectivity index (χ3n) is 5.53. The third kappa shape index (κ3) is 4.98. The minimum atomic E-state index is -0.575. The van der Waals surface area contributed by atoms with Crippen molar-refractivity contribution in [1.29, 1.82) is 0 Å². The lowest BCUT2D eigenvalue weighted by atomic mass is 10.1. The largest absolute Gasteiger partial charge is 0.391 e. The van der Waals surface area contributed by atoms with Crippen LogP contribution in [-0.4, -0.2) is 40.6 Å². The van der Waals surface area contributed by atoms with Crippen LogP contribution in [0.2, 0.25) is 0 Å². The van der Waals surface area contributed by atoms with E-state index >= 15 is 0 Å². The molecule has 1 unspecified atom stereocenters. The molecule has 1 aliphatic heterocycles. The molecular formula is C24H26N4O3S. The molecule has 1 saturated heterocycles. The number of anilines is 2. The zero-order valence-electron chi connectivity index (χ0n) is 18.0. The first-order valence-electron chi connectivity index (χ1n) is 10.5. The van der Waals surface area contributed by atoms with E-state index < -0.39 is 12.1 Å². The fourth-order valence-electron chi connectivity index (χ4n) is 3.84. The summed E-state index contributed by atoms with van der Waals surface area (Å²) in [6.45, 7) is 4.32. The van der Waals surface area contributed by atoms with E-state index in [-0.39, 0.29) is 11.8 Å². The number of hydrogen-bond acceptors (Lipinski definition) is 6. The van der Waals surface area contributed by atoms with Crippen LogP contribution in [0.5, 0.6) is 0 Å². The monoisotopic (exact) mass is 450 g/mol. The highest BCUT2D eigenvalue weighted by molar-refractivity contribution is 7.14. The molecule has 0 bridgehead atoms. The Balaban J connectivity index is 1.46. The molecule has 2 atom stereocenters. The molecule has 0 aliphatic carbocycles. The molecule has 8 heteroatoms. The molecule has 32 heavy (non-hydrogen) atoms. The summed E-state index contributed by atoms with van der Waals surface area (Å²) < 4.78 is 0. The summed E-state index contributed by atoms with van der Waals surface area (Å²) in [6, 6.07) is 15.0. The number of hydrogen-bond donors (Lipinski definition) is 3. The van der Waals surface area contributed by atoms with E-state index in [1.165, 1.54) is 18.3 Å². The van der Waals surface area contributed by atoms with Gasteiger partial charge in [-0.15, -0.1) is 11.3 Å². The molecule has 7 nitrogen and oxygen atoms in total. The molecule has 0 saturated carbocycles. The molecule has 2 heterocycles. The molecule has 166 valence electrons. The van der Waals surface area contributed by atoms with Crippen LogP contribution in [0.3, 0.4) is 0 Å². The number of β-amino-alcohol motifs (C(OH)–C–C–N with tert-alkyl or cyclic N) is 1. The van der Waals surface area contributed by atoms with Gasteiger partial charge in [0.15, 0.2) is 5.13 Å². The summed E-state index contributed by atoms with van der Waals surface area (Å²) in [6.07, 6.45) is -0.201. The van der Waals surface area contributed by atoms with Crippen molar-refractivity contribution in [2.45, 2.75) is 39.0 Å². The molecule has 2 aromatic carbocycles. The number of thiazole rings is 1. The van der Waals surface area contributed by atoms with Crippen LogP contribution in [0, 0.1) is 6.92 Å². The lowest BCUT2D eigenvalue weighted by molar-refractivity contribution is -0.122. The number of aromatic nitrogens is 1. The summed E-state index contributed by atoms with van der Waals surface area (Å²) in [5.41, 5.74) is 4.64. The molecule has 3 N–H and O–H groups in total. The number of nitrogens with one attached hydrogen (secondary N) is 2. The van der Waals surface area contributed by atoms with Crippen molar-refractivity contribution in [1.82, 2.24) is 10.3 Å². The van der Waals surface area contributed by atoms with Gasteiger partial charge in [0.1, 0.15) is 6.04 Å². The van der Waals surface area contributed by atoms with Gasteiger partial charge in [0.2, 0.25) is 11.8 Å². The molecule has 1 aromatic heterocycles. The Morgan fingerprint density at radius 3 is 2.66 bits per heavy atom. The Kier molecular flexibility index (Phi) is 6.53. The maximum Gasteiger partial charge on any atom is 0.243 e. The highest BCUT2D eigenvalue weighted by Crippen LogP contribution is 2.32. The number of rotatable bonds is 6. The van der Waals surface area contributed by atoms with Crippen molar-refractivity contribution < 1.29 is 14.7 Å². The van der Waals surface area contributed by atoms with Gasteiger partial charge in [-0.25, -0.2) is 4.98 Å². The fourth-order valence-corrected chi connectivity index (χ4v) is 4.73. The van der Waals surface area contributed by atoms with E-state index in [1.54, 1.807) is 0 Å². The number of aliphatic hydroxyl groups is 1. The molecule has 0 radical (unpaired) electrons. The highest BCUT2D eigenvalue weighted by atomic mass is 32.1. The lowest BCUT2D eigenvalue weighted by Gasteiger charge is -2.23. The van der Waals surface area contributed by atoms with Crippen LogP contribution in [0.25, 0.3) is 11.3 Å². The second kappa shape index (κ2) is 9.50. The van der Waals surface area contributed by atoms with Crippen LogP contribution < -0.4 is 15.5 Å². The SMILES string of the molecule is CC(=O)Nc1ccc(-c2csc(N3CC(O)C[C@H]3C(=O)NCc3ccccc3C)n2)cc1.